The third kappa shape index (κ3) is 3.57. The quantitative estimate of drug-likeness (QED) is 0.902. The number of hydrogen-bond acceptors (Lipinski definition) is 3. The van der Waals surface area contributed by atoms with E-state index in [1.54, 1.807) is 7.11 Å². The maximum Gasteiger partial charge on any atom is 0.118 e. The molecule has 3 nitrogen and oxygen atoms in total. The number of hydrogen-bond donors (Lipinski definition) is 1. The fourth-order valence-electron chi connectivity index (χ4n) is 2.73. The van der Waals surface area contributed by atoms with Crippen LogP contribution in [0.4, 0.5) is 0 Å². The molecule has 1 aromatic rings. The van der Waals surface area contributed by atoms with Gasteiger partial charge in [0, 0.05) is 10.9 Å². The van der Waals surface area contributed by atoms with E-state index in [0.717, 1.165) is 30.0 Å². The van der Waals surface area contributed by atoms with Crippen molar-refractivity contribution in [2.75, 3.05) is 13.7 Å². The molecule has 3 atom stereocenters. The molecular formula is C15H23NO2S. The molecular weight excluding hydrogens is 258 g/mol. The van der Waals surface area contributed by atoms with Crippen molar-refractivity contribution in [3.05, 3.63) is 24.3 Å². The maximum atomic E-state index is 12.7. The number of benzene rings is 1. The van der Waals surface area contributed by atoms with Crippen molar-refractivity contribution in [3.63, 3.8) is 0 Å². The first-order valence-electron chi connectivity index (χ1n) is 7.04. The Morgan fingerprint density at radius 2 is 1.95 bits per heavy atom. The van der Waals surface area contributed by atoms with Crippen molar-refractivity contribution in [2.24, 2.45) is 0 Å². The summed E-state index contributed by atoms with van der Waals surface area (Å²) in [4.78, 5) is 0.913. The summed E-state index contributed by atoms with van der Waals surface area (Å²) < 4.78 is 17.9. The second kappa shape index (κ2) is 7.06. The van der Waals surface area contributed by atoms with E-state index >= 15 is 0 Å². The van der Waals surface area contributed by atoms with Crippen molar-refractivity contribution in [3.8, 4) is 5.75 Å². The minimum atomic E-state index is -0.930. The second-order valence-corrected chi connectivity index (χ2v) is 6.63. The van der Waals surface area contributed by atoms with Gasteiger partial charge in [0.25, 0.3) is 0 Å². The van der Waals surface area contributed by atoms with Crippen LogP contribution in [0, 0.1) is 0 Å². The van der Waals surface area contributed by atoms with Crippen LogP contribution < -0.4 is 10.1 Å². The molecule has 3 unspecified atom stereocenters. The Hall–Kier alpha value is -0.870. The van der Waals surface area contributed by atoms with Crippen LogP contribution in [0.5, 0.6) is 5.75 Å². The van der Waals surface area contributed by atoms with Gasteiger partial charge in [-0.25, -0.2) is 0 Å². The number of nitrogens with one attached hydrogen (secondary N) is 1. The zero-order chi connectivity index (χ0) is 13.7. The van der Waals surface area contributed by atoms with Gasteiger partial charge in [-0.3, -0.25) is 4.21 Å². The summed E-state index contributed by atoms with van der Waals surface area (Å²) >= 11 is 0. The molecule has 0 spiro atoms. The third-order valence-corrected chi connectivity index (χ3v) is 5.59. The average molecular weight is 281 g/mol. The first-order valence-corrected chi connectivity index (χ1v) is 8.25. The Bertz CT molecular complexity index is 417. The molecule has 1 aliphatic rings. The molecule has 106 valence electrons. The van der Waals surface area contributed by atoms with Gasteiger partial charge in [-0.2, -0.15) is 0 Å². The molecule has 1 N–H and O–H groups in total. The molecule has 1 saturated carbocycles. The second-order valence-electron chi connectivity index (χ2n) is 4.96. The average Bonchev–Trinajstić information content (AvgIpc) is 2.47. The minimum absolute atomic E-state index is 0.238. The summed E-state index contributed by atoms with van der Waals surface area (Å²) in [7, 11) is 0.717. The number of ether oxygens (including phenoxy) is 1. The zero-order valence-electron chi connectivity index (χ0n) is 11.7. The summed E-state index contributed by atoms with van der Waals surface area (Å²) in [5.74, 6) is 0.813. The van der Waals surface area contributed by atoms with Crippen LogP contribution in [0.15, 0.2) is 29.2 Å². The fraction of sp³-hybridized carbons (Fsp3) is 0.600. The van der Waals surface area contributed by atoms with Crippen LogP contribution in [0.3, 0.4) is 0 Å². The number of methoxy groups -OCH3 is 1. The molecule has 0 bridgehead atoms. The van der Waals surface area contributed by atoms with E-state index in [1.807, 2.05) is 24.3 Å². The van der Waals surface area contributed by atoms with E-state index in [9.17, 15) is 4.21 Å². The maximum absolute atomic E-state index is 12.7. The Morgan fingerprint density at radius 3 is 2.58 bits per heavy atom. The standard InChI is InChI=1S/C15H23NO2S/c1-3-16-14-6-4-5-7-15(14)19(17)13-10-8-12(18-2)9-11-13/h8-11,14-16H,3-7H2,1-2H3. The molecule has 0 aromatic heterocycles. The molecule has 0 radical (unpaired) electrons. The van der Waals surface area contributed by atoms with Gasteiger partial charge in [-0.15, -0.1) is 0 Å². The fourth-order valence-corrected chi connectivity index (χ4v) is 4.40. The molecule has 1 fully saturated rings. The van der Waals surface area contributed by atoms with Crippen molar-refractivity contribution in [1.82, 2.24) is 5.32 Å². The van der Waals surface area contributed by atoms with Gasteiger partial charge < -0.3 is 10.1 Å². The Labute approximate surface area is 118 Å². The van der Waals surface area contributed by atoms with Crippen LogP contribution in [0.2, 0.25) is 0 Å². The van der Waals surface area contributed by atoms with Crippen LogP contribution in [-0.2, 0) is 10.8 Å². The minimum Gasteiger partial charge on any atom is -0.497 e. The highest BCUT2D eigenvalue weighted by Gasteiger charge is 2.29. The van der Waals surface area contributed by atoms with Crippen molar-refractivity contribution in [1.29, 1.82) is 0 Å². The van der Waals surface area contributed by atoms with Gasteiger partial charge in [0.1, 0.15) is 5.75 Å². The van der Waals surface area contributed by atoms with Gasteiger partial charge in [0.15, 0.2) is 0 Å². The SMILES string of the molecule is CCNC1CCCCC1S(=O)c1ccc(OC)cc1. The molecule has 1 aromatic carbocycles. The summed E-state index contributed by atoms with van der Waals surface area (Å²) in [6.45, 7) is 3.06. The van der Waals surface area contributed by atoms with Gasteiger partial charge in [-0.05, 0) is 43.7 Å². The van der Waals surface area contributed by atoms with E-state index < -0.39 is 10.8 Å². The molecule has 0 amide bonds. The van der Waals surface area contributed by atoms with Crippen LogP contribution in [0.25, 0.3) is 0 Å². The van der Waals surface area contributed by atoms with E-state index in [1.165, 1.54) is 12.8 Å². The van der Waals surface area contributed by atoms with Crippen molar-refractivity contribution in [2.45, 2.75) is 48.8 Å². The summed E-state index contributed by atoms with van der Waals surface area (Å²) in [5.41, 5.74) is 0. The smallest absolute Gasteiger partial charge is 0.118 e. The number of rotatable bonds is 5. The van der Waals surface area contributed by atoms with E-state index in [0.29, 0.717) is 6.04 Å². The highest BCUT2D eigenvalue weighted by Crippen LogP contribution is 2.27. The molecule has 4 heteroatoms. The largest absolute Gasteiger partial charge is 0.497 e. The van der Waals surface area contributed by atoms with Crippen molar-refractivity contribution < 1.29 is 8.95 Å². The normalized spacial score (nSPS) is 24.9. The first kappa shape index (κ1) is 14.5. The Kier molecular flexibility index (Phi) is 5.40. The lowest BCUT2D eigenvalue weighted by Crippen LogP contribution is -2.44. The van der Waals surface area contributed by atoms with E-state index in [4.69, 9.17) is 4.74 Å². The lowest BCUT2D eigenvalue weighted by Gasteiger charge is -2.31. The monoisotopic (exact) mass is 281 g/mol. The Balaban J connectivity index is 2.11. The lowest BCUT2D eigenvalue weighted by molar-refractivity contribution is 0.385. The van der Waals surface area contributed by atoms with Crippen LogP contribution in [-0.4, -0.2) is 29.2 Å². The molecule has 19 heavy (non-hydrogen) atoms. The molecule has 0 heterocycles. The topological polar surface area (TPSA) is 38.3 Å². The van der Waals surface area contributed by atoms with E-state index in [2.05, 4.69) is 12.2 Å². The first-order chi connectivity index (χ1) is 9.26. The predicted octanol–water partition coefficient (Wildman–Crippen LogP) is 2.72. The summed E-state index contributed by atoms with van der Waals surface area (Å²) in [6, 6.07) is 8.01. The van der Waals surface area contributed by atoms with Gasteiger partial charge in [0.2, 0.25) is 0 Å². The van der Waals surface area contributed by atoms with E-state index in [-0.39, 0.29) is 5.25 Å². The highest BCUT2D eigenvalue weighted by molar-refractivity contribution is 7.85. The summed E-state index contributed by atoms with van der Waals surface area (Å²) in [6.07, 6.45) is 4.62. The zero-order valence-corrected chi connectivity index (χ0v) is 12.5. The predicted molar refractivity (Wildman–Crippen MR) is 79.1 cm³/mol. The Morgan fingerprint density at radius 1 is 1.26 bits per heavy atom. The lowest BCUT2D eigenvalue weighted by atomic mass is 9.95. The molecule has 1 aliphatic carbocycles. The summed E-state index contributed by atoms with van der Waals surface area (Å²) in [5, 5.41) is 3.73. The molecule has 0 aliphatic heterocycles. The molecule has 0 saturated heterocycles. The van der Waals surface area contributed by atoms with Crippen LogP contribution in [0.1, 0.15) is 32.6 Å². The third-order valence-electron chi connectivity index (χ3n) is 3.74. The van der Waals surface area contributed by atoms with Crippen molar-refractivity contribution >= 4 is 10.8 Å². The van der Waals surface area contributed by atoms with Crippen LogP contribution >= 0.6 is 0 Å². The van der Waals surface area contributed by atoms with Gasteiger partial charge >= 0.3 is 0 Å². The van der Waals surface area contributed by atoms with Gasteiger partial charge in [0.05, 0.1) is 23.2 Å². The highest BCUT2D eigenvalue weighted by atomic mass is 32.2. The molecule has 2 rings (SSSR count). The van der Waals surface area contributed by atoms with Gasteiger partial charge in [-0.1, -0.05) is 19.8 Å².